The van der Waals surface area contributed by atoms with Crippen LogP contribution in [0, 0.1) is 0 Å². The summed E-state index contributed by atoms with van der Waals surface area (Å²) in [6.07, 6.45) is -0.239. The molecule has 2 unspecified atom stereocenters. The highest BCUT2D eigenvalue weighted by molar-refractivity contribution is 4.88. The second-order valence-electron chi connectivity index (χ2n) is 3.85. The van der Waals surface area contributed by atoms with Gasteiger partial charge in [0.25, 0.3) is 0 Å². The van der Waals surface area contributed by atoms with Crippen LogP contribution < -0.4 is 11.1 Å². The highest BCUT2D eigenvalue weighted by Gasteiger charge is 2.33. The molecule has 0 amide bonds. The van der Waals surface area contributed by atoms with Gasteiger partial charge in [0.1, 0.15) is 0 Å². The fourth-order valence-electron chi connectivity index (χ4n) is 1.33. The van der Waals surface area contributed by atoms with Gasteiger partial charge in [-0.05, 0) is 13.8 Å². The van der Waals surface area contributed by atoms with Crippen molar-refractivity contribution in [1.82, 2.24) is 5.32 Å². The van der Waals surface area contributed by atoms with Gasteiger partial charge in [-0.15, -0.1) is 0 Å². The molecule has 0 aromatic carbocycles. The lowest BCUT2D eigenvalue weighted by Gasteiger charge is -2.36. The van der Waals surface area contributed by atoms with Crippen molar-refractivity contribution in [3.63, 3.8) is 0 Å². The van der Waals surface area contributed by atoms with Crippen molar-refractivity contribution in [3.8, 4) is 0 Å². The van der Waals surface area contributed by atoms with Crippen molar-refractivity contribution in [1.29, 1.82) is 0 Å². The molecule has 0 aromatic heterocycles. The van der Waals surface area contributed by atoms with E-state index in [9.17, 15) is 0 Å². The molecule has 15 heavy (non-hydrogen) atoms. The first-order chi connectivity index (χ1) is 7.03. The minimum absolute atomic E-state index is 0.130. The van der Waals surface area contributed by atoms with Crippen molar-refractivity contribution in [3.05, 3.63) is 0 Å². The van der Waals surface area contributed by atoms with Crippen LogP contribution in [0.4, 0.5) is 0 Å². The third-order valence-electron chi connectivity index (χ3n) is 2.57. The Hall–Kier alpha value is -0.200. The van der Waals surface area contributed by atoms with Gasteiger partial charge in [-0.25, -0.2) is 0 Å². The second kappa shape index (κ2) is 7.14. The van der Waals surface area contributed by atoms with Crippen LogP contribution in [0.5, 0.6) is 0 Å². The number of ether oxygens (including phenoxy) is 3. The monoisotopic (exact) mass is 220 g/mol. The molecule has 0 radical (unpaired) electrons. The summed E-state index contributed by atoms with van der Waals surface area (Å²) in [7, 11) is 4.88. The Labute approximate surface area is 92.3 Å². The maximum Gasteiger partial charge on any atom is 0.175 e. The molecule has 0 fully saturated rings. The Kier molecular flexibility index (Phi) is 7.04. The number of rotatable bonds is 8. The van der Waals surface area contributed by atoms with Crippen molar-refractivity contribution in [2.75, 3.05) is 34.4 Å². The molecule has 2 atom stereocenters. The van der Waals surface area contributed by atoms with Gasteiger partial charge in [-0.1, -0.05) is 0 Å². The van der Waals surface area contributed by atoms with Crippen LogP contribution >= 0.6 is 0 Å². The van der Waals surface area contributed by atoms with Gasteiger partial charge in [-0.3, -0.25) is 0 Å². The zero-order valence-corrected chi connectivity index (χ0v) is 10.4. The number of methoxy groups -OCH3 is 3. The Bertz CT molecular complexity index is 165. The summed E-state index contributed by atoms with van der Waals surface area (Å²) in [5, 5.41) is 3.30. The minimum Gasteiger partial charge on any atom is -0.380 e. The fraction of sp³-hybridized carbons (Fsp3) is 1.00. The van der Waals surface area contributed by atoms with Gasteiger partial charge in [0.2, 0.25) is 0 Å². The van der Waals surface area contributed by atoms with Gasteiger partial charge in [0.15, 0.2) is 6.29 Å². The van der Waals surface area contributed by atoms with Gasteiger partial charge in [-0.2, -0.15) is 0 Å². The topological polar surface area (TPSA) is 65.7 Å². The summed E-state index contributed by atoms with van der Waals surface area (Å²) in [6.45, 7) is 5.08. The number of nitrogens with one attached hydrogen (secondary N) is 1. The predicted molar refractivity (Wildman–Crippen MR) is 59.7 cm³/mol. The molecule has 0 saturated heterocycles. The van der Waals surface area contributed by atoms with Crippen LogP contribution in [-0.4, -0.2) is 52.4 Å². The normalized spacial score (nSPS) is 17.8. The van der Waals surface area contributed by atoms with E-state index in [1.807, 2.05) is 13.8 Å². The van der Waals surface area contributed by atoms with Crippen molar-refractivity contribution >= 4 is 0 Å². The average molecular weight is 220 g/mol. The Morgan fingerprint density at radius 3 is 2.07 bits per heavy atom. The summed E-state index contributed by atoms with van der Waals surface area (Å²) < 4.78 is 15.6. The largest absolute Gasteiger partial charge is 0.380 e. The average Bonchev–Trinajstić information content (AvgIpc) is 2.27. The summed E-state index contributed by atoms with van der Waals surface area (Å²) in [5.41, 5.74) is 5.32. The molecule has 0 aliphatic rings. The number of hydrogen-bond acceptors (Lipinski definition) is 5. The maximum atomic E-state index is 5.72. The van der Waals surface area contributed by atoms with Crippen LogP contribution in [0.2, 0.25) is 0 Å². The molecule has 5 heteroatoms. The third-order valence-corrected chi connectivity index (χ3v) is 2.57. The molecule has 0 bridgehead atoms. The summed E-state index contributed by atoms with van der Waals surface area (Å²) >= 11 is 0. The van der Waals surface area contributed by atoms with E-state index in [4.69, 9.17) is 19.9 Å². The lowest BCUT2D eigenvalue weighted by Crippen LogP contribution is -2.59. The van der Waals surface area contributed by atoms with E-state index in [0.29, 0.717) is 13.1 Å². The van der Waals surface area contributed by atoms with E-state index in [2.05, 4.69) is 5.32 Å². The van der Waals surface area contributed by atoms with E-state index in [1.54, 1.807) is 21.3 Å². The summed E-state index contributed by atoms with van der Waals surface area (Å²) in [5.74, 6) is 0. The zero-order valence-electron chi connectivity index (χ0n) is 10.4. The van der Waals surface area contributed by atoms with Crippen molar-refractivity contribution < 1.29 is 14.2 Å². The van der Waals surface area contributed by atoms with E-state index >= 15 is 0 Å². The smallest absolute Gasteiger partial charge is 0.175 e. The molecule has 0 aromatic rings. The molecule has 0 aliphatic heterocycles. The first-order valence-corrected chi connectivity index (χ1v) is 5.07. The molecular weight excluding hydrogens is 196 g/mol. The predicted octanol–water partition coefficient (Wildman–Crippen LogP) is -0.0528. The van der Waals surface area contributed by atoms with E-state index in [1.165, 1.54) is 0 Å². The van der Waals surface area contributed by atoms with Gasteiger partial charge in [0, 0.05) is 34.4 Å². The Morgan fingerprint density at radius 1 is 1.20 bits per heavy atom. The summed E-state index contributed by atoms with van der Waals surface area (Å²) in [4.78, 5) is 0. The van der Waals surface area contributed by atoms with Crippen molar-refractivity contribution in [2.45, 2.75) is 31.8 Å². The third kappa shape index (κ3) is 4.44. The number of nitrogens with two attached hydrogens (primary N) is 1. The van der Waals surface area contributed by atoms with E-state index in [0.717, 1.165) is 0 Å². The highest BCUT2D eigenvalue weighted by Crippen LogP contribution is 2.12. The minimum atomic E-state index is -0.406. The molecule has 92 valence electrons. The lowest BCUT2D eigenvalue weighted by atomic mass is 10.0. The highest BCUT2D eigenvalue weighted by atomic mass is 16.7. The molecule has 0 aliphatic carbocycles. The maximum absolute atomic E-state index is 5.72. The summed E-state index contributed by atoms with van der Waals surface area (Å²) in [6, 6.07) is 0. The molecule has 5 nitrogen and oxygen atoms in total. The van der Waals surface area contributed by atoms with Crippen molar-refractivity contribution in [2.24, 2.45) is 5.73 Å². The van der Waals surface area contributed by atoms with Gasteiger partial charge < -0.3 is 25.3 Å². The van der Waals surface area contributed by atoms with Crippen LogP contribution in [0.25, 0.3) is 0 Å². The Morgan fingerprint density at radius 2 is 1.73 bits per heavy atom. The van der Waals surface area contributed by atoms with Gasteiger partial charge >= 0.3 is 0 Å². The van der Waals surface area contributed by atoms with Crippen LogP contribution in [0.3, 0.4) is 0 Å². The first kappa shape index (κ1) is 14.8. The van der Waals surface area contributed by atoms with Crippen LogP contribution in [0.15, 0.2) is 0 Å². The molecule has 0 saturated carbocycles. The van der Waals surface area contributed by atoms with E-state index < -0.39 is 5.54 Å². The lowest BCUT2D eigenvalue weighted by molar-refractivity contribution is -0.150. The molecule has 0 rings (SSSR count). The zero-order chi connectivity index (χ0) is 11.9. The Balaban J connectivity index is 4.28. The van der Waals surface area contributed by atoms with Crippen LogP contribution in [-0.2, 0) is 14.2 Å². The molecule has 3 N–H and O–H groups in total. The van der Waals surface area contributed by atoms with Crippen LogP contribution in [0.1, 0.15) is 13.8 Å². The standard InChI is InChI=1S/C10H24N2O3/c1-8(13-3)6-12-10(2,7-11)9(14-4)15-5/h8-9,12H,6-7,11H2,1-5H3. The number of hydrogen-bond donors (Lipinski definition) is 2. The first-order valence-electron chi connectivity index (χ1n) is 5.07. The molecule has 0 spiro atoms. The van der Waals surface area contributed by atoms with E-state index in [-0.39, 0.29) is 12.4 Å². The molecular formula is C10H24N2O3. The second-order valence-corrected chi connectivity index (χ2v) is 3.85. The van der Waals surface area contributed by atoms with Gasteiger partial charge in [0.05, 0.1) is 11.6 Å². The SMILES string of the molecule is COC(C)CNC(C)(CN)C(OC)OC. The quantitative estimate of drug-likeness (QED) is 0.561. The molecule has 0 heterocycles. The fourth-order valence-corrected chi connectivity index (χ4v) is 1.33.